The van der Waals surface area contributed by atoms with Crippen molar-refractivity contribution >= 4 is 16.1 Å². The van der Waals surface area contributed by atoms with Crippen LogP contribution in [0.2, 0.25) is 0 Å². The normalized spacial score (nSPS) is 12.4. The summed E-state index contributed by atoms with van der Waals surface area (Å²) >= 11 is 0. The van der Waals surface area contributed by atoms with Crippen molar-refractivity contribution in [3.05, 3.63) is 0 Å². The Bertz CT molecular complexity index is 384. The highest BCUT2D eigenvalue weighted by Gasteiger charge is 2.15. The van der Waals surface area contributed by atoms with Gasteiger partial charge in [-0.05, 0) is 33.6 Å². The van der Waals surface area contributed by atoms with E-state index in [9.17, 15) is 13.2 Å². The fourth-order valence-corrected chi connectivity index (χ4v) is 1.68. The Morgan fingerprint density at radius 3 is 2.00 bits per heavy atom. The Kier molecular flexibility index (Phi) is 9.76. The lowest BCUT2D eigenvalue weighted by Gasteiger charge is -2.19. The van der Waals surface area contributed by atoms with Crippen LogP contribution in [-0.4, -0.2) is 59.3 Å². The third kappa shape index (κ3) is 17.2. The molecule has 0 fully saturated rings. The summed E-state index contributed by atoms with van der Waals surface area (Å²) in [7, 11) is -3.37. The molecular weight excluding hydrogens is 300 g/mol. The van der Waals surface area contributed by atoms with Gasteiger partial charge in [-0.15, -0.1) is 0 Å². The highest BCUT2D eigenvalue weighted by atomic mass is 32.2. The summed E-state index contributed by atoms with van der Waals surface area (Å²) in [5.41, 5.74) is -0.502. The van der Waals surface area contributed by atoms with Gasteiger partial charge >= 0.3 is 5.97 Å². The molecular formula is C13H26O7S. The van der Waals surface area contributed by atoms with E-state index < -0.39 is 15.7 Å². The predicted molar refractivity (Wildman–Crippen MR) is 77.5 cm³/mol. The van der Waals surface area contributed by atoms with Gasteiger partial charge in [0.25, 0.3) is 10.1 Å². The van der Waals surface area contributed by atoms with Crippen LogP contribution in [0.25, 0.3) is 0 Å². The van der Waals surface area contributed by atoms with Crippen molar-refractivity contribution in [2.75, 3.05) is 39.3 Å². The molecule has 0 unspecified atom stereocenters. The second kappa shape index (κ2) is 10.1. The van der Waals surface area contributed by atoms with Crippen molar-refractivity contribution < 1.29 is 31.6 Å². The van der Waals surface area contributed by atoms with E-state index in [1.165, 1.54) is 0 Å². The lowest BCUT2D eigenvalue weighted by Crippen LogP contribution is -2.26. The van der Waals surface area contributed by atoms with Gasteiger partial charge in [0.15, 0.2) is 0 Å². The number of ether oxygens (including phenoxy) is 3. The van der Waals surface area contributed by atoms with E-state index in [-0.39, 0.29) is 19.2 Å². The van der Waals surface area contributed by atoms with Gasteiger partial charge in [-0.1, -0.05) is 0 Å². The van der Waals surface area contributed by atoms with Gasteiger partial charge in [0.2, 0.25) is 0 Å². The first-order valence-corrected chi connectivity index (χ1v) is 8.63. The largest absolute Gasteiger partial charge is 0.458 e. The Hall–Kier alpha value is -0.700. The van der Waals surface area contributed by atoms with Crippen LogP contribution in [0.5, 0.6) is 0 Å². The van der Waals surface area contributed by atoms with E-state index in [0.29, 0.717) is 32.7 Å². The molecule has 0 aliphatic carbocycles. The smallest absolute Gasteiger partial charge is 0.332 e. The van der Waals surface area contributed by atoms with Crippen molar-refractivity contribution in [3.63, 3.8) is 0 Å². The van der Waals surface area contributed by atoms with Gasteiger partial charge < -0.3 is 14.2 Å². The van der Waals surface area contributed by atoms with Crippen LogP contribution in [0.4, 0.5) is 0 Å². The maximum absolute atomic E-state index is 11.3. The molecule has 126 valence electrons. The number of hydrogen-bond acceptors (Lipinski definition) is 7. The summed E-state index contributed by atoms with van der Waals surface area (Å²) in [5.74, 6) is -0.388. The lowest BCUT2D eigenvalue weighted by molar-refractivity contribution is -0.160. The van der Waals surface area contributed by atoms with Crippen LogP contribution in [0.1, 0.15) is 33.6 Å². The number of carbonyl (C=O) groups excluding carboxylic acids is 1. The van der Waals surface area contributed by atoms with Crippen molar-refractivity contribution in [2.24, 2.45) is 0 Å². The third-order valence-electron chi connectivity index (χ3n) is 1.95. The molecule has 7 nitrogen and oxygen atoms in total. The van der Waals surface area contributed by atoms with Crippen molar-refractivity contribution in [3.8, 4) is 0 Å². The number of hydrogen-bond donors (Lipinski definition) is 0. The van der Waals surface area contributed by atoms with Crippen molar-refractivity contribution in [1.82, 2.24) is 0 Å². The average Bonchev–Trinajstić information content (AvgIpc) is 2.27. The molecule has 8 heteroatoms. The second-order valence-corrected chi connectivity index (χ2v) is 7.13. The monoisotopic (exact) mass is 326 g/mol. The molecule has 0 saturated heterocycles. The zero-order chi connectivity index (χ0) is 16.4. The fraction of sp³-hybridized carbons (Fsp3) is 0.923. The van der Waals surface area contributed by atoms with Gasteiger partial charge in [0.1, 0.15) is 12.2 Å². The highest BCUT2D eigenvalue weighted by Crippen LogP contribution is 2.06. The Morgan fingerprint density at radius 2 is 1.48 bits per heavy atom. The molecule has 0 N–H and O–H groups in total. The minimum atomic E-state index is -3.37. The van der Waals surface area contributed by atoms with Gasteiger partial charge in [-0.25, -0.2) is 4.79 Å². The van der Waals surface area contributed by atoms with Gasteiger partial charge in [-0.2, -0.15) is 8.42 Å². The molecule has 0 aromatic carbocycles. The molecule has 0 rings (SSSR count). The summed E-state index contributed by atoms with van der Waals surface area (Å²) in [5, 5.41) is 0. The topological polar surface area (TPSA) is 88.1 Å². The Balaban J connectivity index is 3.32. The summed E-state index contributed by atoms with van der Waals surface area (Å²) in [6.45, 7) is 6.74. The SMILES string of the molecule is CC(C)(C)OC(=O)COCCCOCCCOS(C)(=O)=O. The summed E-state index contributed by atoms with van der Waals surface area (Å²) < 4.78 is 41.4. The predicted octanol–water partition coefficient (Wildman–Crippen LogP) is 1.12. The number of carbonyl (C=O) groups is 1. The molecule has 21 heavy (non-hydrogen) atoms. The molecule has 0 heterocycles. The minimum Gasteiger partial charge on any atom is -0.458 e. The third-order valence-corrected chi connectivity index (χ3v) is 2.54. The molecule has 0 atom stereocenters. The fourth-order valence-electron chi connectivity index (χ4n) is 1.26. The number of esters is 1. The first-order valence-electron chi connectivity index (χ1n) is 6.82. The van der Waals surface area contributed by atoms with E-state index in [1.807, 2.05) is 0 Å². The zero-order valence-electron chi connectivity index (χ0n) is 13.2. The van der Waals surface area contributed by atoms with Crippen LogP contribution in [0.3, 0.4) is 0 Å². The maximum atomic E-state index is 11.3. The van der Waals surface area contributed by atoms with Crippen LogP contribution in [-0.2, 0) is 33.3 Å². The Morgan fingerprint density at radius 1 is 0.952 bits per heavy atom. The summed E-state index contributed by atoms with van der Waals surface area (Å²) in [6.07, 6.45) is 2.16. The summed E-state index contributed by atoms with van der Waals surface area (Å²) in [6, 6.07) is 0. The van der Waals surface area contributed by atoms with Crippen molar-refractivity contribution in [2.45, 2.75) is 39.2 Å². The Labute approximate surface area is 127 Å². The standard InChI is InChI=1S/C13H26O7S/c1-13(2,3)20-12(14)11-18-9-5-7-17-8-6-10-19-21(4,15)16/h5-11H2,1-4H3. The van der Waals surface area contributed by atoms with Gasteiger partial charge in [0, 0.05) is 19.8 Å². The molecule has 0 bridgehead atoms. The molecule has 0 radical (unpaired) electrons. The van der Waals surface area contributed by atoms with Crippen molar-refractivity contribution in [1.29, 1.82) is 0 Å². The molecule has 0 aliphatic heterocycles. The van der Waals surface area contributed by atoms with Crippen LogP contribution < -0.4 is 0 Å². The van der Waals surface area contributed by atoms with Crippen LogP contribution >= 0.6 is 0 Å². The highest BCUT2D eigenvalue weighted by molar-refractivity contribution is 7.85. The first kappa shape index (κ1) is 20.3. The van der Waals surface area contributed by atoms with E-state index in [4.69, 9.17) is 14.2 Å². The maximum Gasteiger partial charge on any atom is 0.332 e. The molecule has 0 aromatic rings. The zero-order valence-corrected chi connectivity index (χ0v) is 14.0. The average molecular weight is 326 g/mol. The van der Waals surface area contributed by atoms with Gasteiger partial charge in [0.05, 0.1) is 12.9 Å². The molecule has 0 spiro atoms. The number of rotatable bonds is 11. The van der Waals surface area contributed by atoms with E-state index in [0.717, 1.165) is 6.26 Å². The molecule has 0 saturated carbocycles. The van der Waals surface area contributed by atoms with E-state index >= 15 is 0 Å². The van der Waals surface area contributed by atoms with Crippen LogP contribution in [0.15, 0.2) is 0 Å². The van der Waals surface area contributed by atoms with E-state index in [1.54, 1.807) is 20.8 Å². The molecule has 0 amide bonds. The minimum absolute atomic E-state index is 0.0700. The second-order valence-electron chi connectivity index (χ2n) is 5.48. The first-order chi connectivity index (χ1) is 9.60. The lowest BCUT2D eigenvalue weighted by atomic mass is 10.2. The summed E-state index contributed by atoms with van der Waals surface area (Å²) in [4.78, 5) is 11.3. The van der Waals surface area contributed by atoms with Gasteiger partial charge in [-0.3, -0.25) is 4.18 Å². The molecule has 0 aliphatic rings. The molecule has 0 aromatic heterocycles. The quantitative estimate of drug-likeness (QED) is 0.319. The van der Waals surface area contributed by atoms with E-state index in [2.05, 4.69) is 4.18 Å². The van der Waals surface area contributed by atoms with Crippen LogP contribution in [0, 0.1) is 0 Å².